The lowest BCUT2D eigenvalue weighted by molar-refractivity contribution is 0.352. The van der Waals surface area contributed by atoms with E-state index < -0.39 is 0 Å². The van der Waals surface area contributed by atoms with Crippen molar-refractivity contribution in [1.29, 1.82) is 5.26 Å². The smallest absolute Gasteiger partial charge is 0.252 e. The van der Waals surface area contributed by atoms with E-state index in [4.69, 9.17) is 16.4 Å². The first kappa shape index (κ1) is 8.03. The van der Waals surface area contributed by atoms with Gasteiger partial charge in [-0.15, -0.1) is 6.42 Å². The summed E-state index contributed by atoms with van der Waals surface area (Å²) in [4.78, 5) is 7.52. The number of nitrogens with zero attached hydrogens (tertiary/aromatic N) is 3. The molecule has 1 aromatic heterocycles. The highest BCUT2D eigenvalue weighted by molar-refractivity contribution is 5.30. The van der Waals surface area contributed by atoms with E-state index in [9.17, 15) is 0 Å². The fraction of sp³-hybridized carbons (Fsp3) is 0.125. The molecule has 0 unspecified atom stereocenters. The van der Waals surface area contributed by atoms with Gasteiger partial charge in [-0.25, -0.2) is 9.97 Å². The summed E-state index contributed by atoms with van der Waals surface area (Å²) in [6.07, 6.45) is 7.82. The standard InChI is InChI=1S/C8H5N3O/c1-2-5-12-8-7(6-9)10-3-4-11-8/h1,3-4H,5H2. The first-order valence-corrected chi connectivity index (χ1v) is 3.16. The lowest BCUT2D eigenvalue weighted by Gasteiger charge is -1.99. The Balaban J connectivity index is 2.86. The summed E-state index contributed by atoms with van der Waals surface area (Å²) in [7, 11) is 0. The summed E-state index contributed by atoms with van der Waals surface area (Å²) in [5, 5.41) is 8.53. The zero-order chi connectivity index (χ0) is 8.81. The van der Waals surface area contributed by atoms with Gasteiger partial charge in [-0.3, -0.25) is 0 Å². The van der Waals surface area contributed by atoms with E-state index in [1.165, 1.54) is 12.4 Å². The predicted octanol–water partition coefficient (Wildman–Crippen LogP) is 0.360. The summed E-state index contributed by atoms with van der Waals surface area (Å²) < 4.78 is 4.94. The summed E-state index contributed by atoms with van der Waals surface area (Å²) in [6.45, 7) is 0.0906. The molecule has 0 aliphatic heterocycles. The molecule has 0 fully saturated rings. The second kappa shape index (κ2) is 3.95. The number of ether oxygens (including phenoxy) is 1. The highest BCUT2D eigenvalue weighted by Gasteiger charge is 2.02. The average molecular weight is 159 g/mol. The van der Waals surface area contributed by atoms with Crippen LogP contribution in [0.5, 0.6) is 5.88 Å². The highest BCUT2D eigenvalue weighted by atomic mass is 16.5. The van der Waals surface area contributed by atoms with E-state index >= 15 is 0 Å². The van der Waals surface area contributed by atoms with E-state index in [-0.39, 0.29) is 18.2 Å². The van der Waals surface area contributed by atoms with Crippen molar-refractivity contribution in [3.63, 3.8) is 0 Å². The van der Waals surface area contributed by atoms with E-state index in [0.717, 1.165) is 0 Å². The Bertz CT molecular complexity index is 348. The molecule has 0 saturated carbocycles. The van der Waals surface area contributed by atoms with Gasteiger partial charge in [0.2, 0.25) is 5.69 Å². The topological polar surface area (TPSA) is 58.8 Å². The first-order valence-electron chi connectivity index (χ1n) is 3.16. The molecule has 0 aliphatic carbocycles. The zero-order valence-electron chi connectivity index (χ0n) is 6.19. The Morgan fingerprint density at radius 3 is 2.92 bits per heavy atom. The minimum absolute atomic E-state index is 0.0906. The quantitative estimate of drug-likeness (QED) is 0.584. The molecule has 4 heteroatoms. The van der Waals surface area contributed by atoms with Gasteiger partial charge < -0.3 is 4.74 Å². The number of terminal acetylenes is 1. The first-order chi connectivity index (χ1) is 5.88. The van der Waals surface area contributed by atoms with Gasteiger partial charge in [0.15, 0.2) is 6.61 Å². The van der Waals surface area contributed by atoms with Crippen LogP contribution in [-0.2, 0) is 0 Å². The van der Waals surface area contributed by atoms with Crippen LogP contribution in [0, 0.1) is 23.7 Å². The Morgan fingerprint density at radius 1 is 1.50 bits per heavy atom. The van der Waals surface area contributed by atoms with Crippen LogP contribution in [0.15, 0.2) is 12.4 Å². The highest BCUT2D eigenvalue weighted by Crippen LogP contribution is 2.08. The molecule has 4 nitrogen and oxygen atoms in total. The van der Waals surface area contributed by atoms with Crippen molar-refractivity contribution in [2.45, 2.75) is 0 Å². The molecule has 0 bridgehead atoms. The average Bonchev–Trinajstić information content (AvgIpc) is 2.15. The maximum atomic E-state index is 8.53. The normalized spacial score (nSPS) is 8.17. The van der Waals surface area contributed by atoms with Crippen molar-refractivity contribution in [3.8, 4) is 24.3 Å². The van der Waals surface area contributed by atoms with Crippen molar-refractivity contribution < 1.29 is 4.74 Å². The van der Waals surface area contributed by atoms with Gasteiger partial charge >= 0.3 is 0 Å². The Hall–Kier alpha value is -2.07. The van der Waals surface area contributed by atoms with Gasteiger partial charge in [-0.1, -0.05) is 5.92 Å². The molecule has 0 N–H and O–H groups in total. The molecule has 0 radical (unpaired) electrons. The monoisotopic (exact) mass is 159 g/mol. The molecule has 1 rings (SSSR count). The van der Waals surface area contributed by atoms with Crippen LogP contribution in [0.2, 0.25) is 0 Å². The molecule has 0 amide bonds. The zero-order valence-corrected chi connectivity index (χ0v) is 6.19. The molecule has 0 atom stereocenters. The molecule has 0 saturated heterocycles. The molecule has 0 spiro atoms. The fourth-order valence-electron chi connectivity index (χ4n) is 0.618. The largest absolute Gasteiger partial charge is 0.462 e. The number of hydrogen-bond donors (Lipinski definition) is 0. The van der Waals surface area contributed by atoms with E-state index in [1.807, 2.05) is 6.07 Å². The SMILES string of the molecule is C#CCOc1nccnc1C#N. The maximum Gasteiger partial charge on any atom is 0.252 e. The van der Waals surface area contributed by atoms with Gasteiger partial charge in [0.25, 0.3) is 5.88 Å². The molecule has 1 aromatic rings. The van der Waals surface area contributed by atoms with E-state index in [1.54, 1.807) is 0 Å². The van der Waals surface area contributed by atoms with Crippen molar-refractivity contribution in [1.82, 2.24) is 9.97 Å². The Morgan fingerprint density at radius 2 is 2.25 bits per heavy atom. The number of aromatic nitrogens is 2. The maximum absolute atomic E-state index is 8.53. The third-order valence-corrected chi connectivity index (χ3v) is 1.06. The number of hydrogen-bond acceptors (Lipinski definition) is 4. The number of rotatable bonds is 2. The molecule has 12 heavy (non-hydrogen) atoms. The second-order valence-corrected chi connectivity index (χ2v) is 1.81. The van der Waals surface area contributed by atoms with Gasteiger partial charge in [0.1, 0.15) is 6.07 Å². The lowest BCUT2D eigenvalue weighted by Crippen LogP contribution is -1.99. The summed E-state index contributed by atoms with van der Waals surface area (Å²) in [6, 6.07) is 1.84. The van der Waals surface area contributed by atoms with Gasteiger partial charge in [0, 0.05) is 12.4 Å². The van der Waals surface area contributed by atoms with Gasteiger partial charge in [0.05, 0.1) is 0 Å². The minimum Gasteiger partial charge on any atom is -0.462 e. The number of nitriles is 1. The third kappa shape index (κ3) is 1.71. The van der Waals surface area contributed by atoms with Gasteiger partial charge in [-0.05, 0) is 0 Å². The van der Waals surface area contributed by atoms with Crippen LogP contribution >= 0.6 is 0 Å². The second-order valence-electron chi connectivity index (χ2n) is 1.81. The molecular formula is C8H5N3O. The Labute approximate surface area is 69.8 Å². The summed E-state index contributed by atoms with van der Waals surface area (Å²) >= 11 is 0. The summed E-state index contributed by atoms with van der Waals surface area (Å²) in [5.41, 5.74) is 0.146. The Kier molecular flexibility index (Phi) is 2.64. The predicted molar refractivity (Wildman–Crippen MR) is 41.1 cm³/mol. The van der Waals surface area contributed by atoms with Crippen LogP contribution in [-0.4, -0.2) is 16.6 Å². The van der Waals surface area contributed by atoms with Gasteiger partial charge in [-0.2, -0.15) is 5.26 Å². The van der Waals surface area contributed by atoms with Crippen LogP contribution in [0.25, 0.3) is 0 Å². The lowest BCUT2D eigenvalue weighted by atomic mass is 10.5. The van der Waals surface area contributed by atoms with Crippen LogP contribution in [0.4, 0.5) is 0 Å². The van der Waals surface area contributed by atoms with E-state index in [0.29, 0.717) is 0 Å². The molecule has 58 valence electrons. The third-order valence-electron chi connectivity index (χ3n) is 1.06. The fourth-order valence-corrected chi connectivity index (χ4v) is 0.618. The van der Waals surface area contributed by atoms with Crippen molar-refractivity contribution in [2.75, 3.05) is 6.61 Å². The van der Waals surface area contributed by atoms with Crippen molar-refractivity contribution >= 4 is 0 Å². The van der Waals surface area contributed by atoms with Crippen LogP contribution in [0.1, 0.15) is 5.69 Å². The summed E-state index contributed by atoms with van der Waals surface area (Å²) in [5.74, 6) is 2.45. The van der Waals surface area contributed by atoms with Crippen LogP contribution < -0.4 is 4.74 Å². The van der Waals surface area contributed by atoms with Crippen molar-refractivity contribution in [2.24, 2.45) is 0 Å². The molecular weight excluding hydrogens is 154 g/mol. The molecule has 1 heterocycles. The molecule has 0 aromatic carbocycles. The minimum atomic E-state index is 0.0906. The van der Waals surface area contributed by atoms with Crippen LogP contribution in [0.3, 0.4) is 0 Å². The van der Waals surface area contributed by atoms with Crippen molar-refractivity contribution in [3.05, 3.63) is 18.1 Å². The molecule has 0 aliphatic rings. The van der Waals surface area contributed by atoms with E-state index in [2.05, 4.69) is 15.9 Å².